The number of halogens is 2. The number of benzene rings is 1. The Hall–Kier alpha value is -0.0900. The van der Waals surface area contributed by atoms with Gasteiger partial charge < -0.3 is 5.11 Å². The number of hydrogen-bond acceptors (Lipinski definition) is 2. The summed E-state index contributed by atoms with van der Waals surface area (Å²) in [4.78, 5) is 2.60. The molecule has 2 aliphatic rings. The van der Waals surface area contributed by atoms with Crippen LogP contribution in [0.4, 0.5) is 0 Å². The maximum absolute atomic E-state index is 10.4. The van der Waals surface area contributed by atoms with E-state index in [2.05, 4.69) is 20.8 Å². The first-order chi connectivity index (χ1) is 10.1. The van der Waals surface area contributed by atoms with Gasteiger partial charge in [-0.15, -0.1) is 0 Å². The van der Waals surface area contributed by atoms with E-state index < -0.39 is 6.10 Å². The lowest BCUT2D eigenvalue weighted by molar-refractivity contribution is 0.123. The summed E-state index contributed by atoms with van der Waals surface area (Å²) < 4.78 is 0.952. The number of aliphatic hydroxyl groups excluding tert-OH is 1. The van der Waals surface area contributed by atoms with Gasteiger partial charge in [-0.3, -0.25) is 4.90 Å². The second kappa shape index (κ2) is 6.99. The lowest BCUT2D eigenvalue weighted by Gasteiger charge is -2.32. The first kappa shape index (κ1) is 15.8. The molecule has 0 bridgehead atoms. The van der Waals surface area contributed by atoms with Crippen molar-refractivity contribution in [2.24, 2.45) is 5.92 Å². The summed E-state index contributed by atoms with van der Waals surface area (Å²) in [5.41, 5.74) is 0.847. The number of aliphatic hydroxyl groups is 1. The van der Waals surface area contributed by atoms with E-state index in [-0.39, 0.29) is 0 Å². The predicted octanol–water partition coefficient (Wildman–Crippen LogP) is 4.79. The van der Waals surface area contributed by atoms with Gasteiger partial charge in [-0.2, -0.15) is 0 Å². The van der Waals surface area contributed by atoms with Crippen LogP contribution in [-0.2, 0) is 0 Å². The Bertz CT molecular complexity index is 496. The van der Waals surface area contributed by atoms with Gasteiger partial charge in [-0.1, -0.05) is 46.4 Å². The summed E-state index contributed by atoms with van der Waals surface area (Å²) in [7, 11) is 0. The third kappa shape index (κ3) is 3.64. The Morgan fingerprint density at radius 1 is 1.29 bits per heavy atom. The Morgan fingerprint density at radius 2 is 2.10 bits per heavy atom. The summed E-state index contributed by atoms with van der Waals surface area (Å²) in [6.07, 6.45) is 7.19. The second-order valence-corrected chi connectivity index (χ2v) is 7.73. The van der Waals surface area contributed by atoms with Crippen molar-refractivity contribution in [2.45, 2.75) is 50.7 Å². The summed E-state index contributed by atoms with van der Waals surface area (Å²) >= 11 is 9.63. The first-order valence-corrected chi connectivity index (χ1v) is 9.19. The summed E-state index contributed by atoms with van der Waals surface area (Å²) in [5.74, 6) is 0.909. The van der Waals surface area contributed by atoms with E-state index in [1.807, 2.05) is 18.2 Å². The molecule has 1 N–H and O–H groups in total. The Kier molecular flexibility index (Phi) is 5.26. The average Bonchev–Trinajstić information content (AvgIpc) is 2.88. The van der Waals surface area contributed by atoms with Gasteiger partial charge in [0.05, 0.1) is 6.10 Å². The number of fused-ring (bicyclic) bond motifs is 1. The third-order valence-electron chi connectivity index (χ3n) is 5.14. The standard InChI is InChI=1S/C17H23BrClNO/c18-13-5-6-14(15(19)11-13)17(21)8-10-20-9-7-12-3-1-2-4-16(12)20/h5-6,11-12,16-17,21H,1-4,7-10H2. The molecule has 116 valence electrons. The number of likely N-dealkylation sites (tertiary alicyclic amines) is 1. The predicted molar refractivity (Wildman–Crippen MR) is 90.7 cm³/mol. The van der Waals surface area contributed by atoms with Gasteiger partial charge in [0, 0.05) is 22.1 Å². The molecule has 2 nitrogen and oxygen atoms in total. The zero-order chi connectivity index (χ0) is 14.8. The molecule has 1 saturated heterocycles. The van der Waals surface area contributed by atoms with Gasteiger partial charge in [-0.05, 0) is 55.8 Å². The van der Waals surface area contributed by atoms with Crippen LogP contribution < -0.4 is 0 Å². The van der Waals surface area contributed by atoms with E-state index in [1.165, 1.54) is 38.6 Å². The largest absolute Gasteiger partial charge is 0.388 e. The zero-order valence-electron chi connectivity index (χ0n) is 12.3. The smallest absolute Gasteiger partial charge is 0.0816 e. The molecule has 0 aromatic heterocycles. The molecule has 3 unspecified atom stereocenters. The van der Waals surface area contributed by atoms with Gasteiger partial charge in [-0.25, -0.2) is 0 Å². The normalized spacial score (nSPS) is 27.6. The van der Waals surface area contributed by atoms with Crippen molar-refractivity contribution in [3.05, 3.63) is 33.3 Å². The highest BCUT2D eigenvalue weighted by Gasteiger charge is 2.35. The molecular formula is C17H23BrClNO. The van der Waals surface area contributed by atoms with Crippen LogP contribution in [0, 0.1) is 5.92 Å². The third-order valence-corrected chi connectivity index (χ3v) is 5.96. The van der Waals surface area contributed by atoms with Crippen molar-refractivity contribution in [1.82, 2.24) is 4.90 Å². The van der Waals surface area contributed by atoms with Crippen molar-refractivity contribution in [2.75, 3.05) is 13.1 Å². The molecular weight excluding hydrogens is 350 g/mol. The molecule has 1 saturated carbocycles. The summed E-state index contributed by atoms with van der Waals surface area (Å²) in [5, 5.41) is 11.1. The molecule has 1 aromatic carbocycles. The second-order valence-electron chi connectivity index (χ2n) is 6.41. The minimum atomic E-state index is -0.465. The fraction of sp³-hybridized carbons (Fsp3) is 0.647. The highest BCUT2D eigenvalue weighted by atomic mass is 79.9. The maximum Gasteiger partial charge on any atom is 0.0816 e. The van der Waals surface area contributed by atoms with E-state index >= 15 is 0 Å². The molecule has 0 amide bonds. The fourth-order valence-corrected chi connectivity index (χ4v) is 4.80. The van der Waals surface area contributed by atoms with E-state index in [0.29, 0.717) is 5.02 Å². The molecule has 0 spiro atoms. The Balaban J connectivity index is 1.57. The van der Waals surface area contributed by atoms with Crippen LogP contribution in [0.1, 0.15) is 50.2 Å². The van der Waals surface area contributed by atoms with Gasteiger partial charge >= 0.3 is 0 Å². The average molecular weight is 373 g/mol. The van der Waals surface area contributed by atoms with Gasteiger partial charge in [0.1, 0.15) is 0 Å². The van der Waals surface area contributed by atoms with Crippen molar-refractivity contribution >= 4 is 27.5 Å². The van der Waals surface area contributed by atoms with Crippen LogP contribution in [0.5, 0.6) is 0 Å². The van der Waals surface area contributed by atoms with E-state index in [4.69, 9.17) is 11.6 Å². The molecule has 21 heavy (non-hydrogen) atoms. The van der Waals surface area contributed by atoms with Crippen LogP contribution in [0.15, 0.2) is 22.7 Å². The molecule has 0 radical (unpaired) electrons. The highest BCUT2D eigenvalue weighted by Crippen LogP contribution is 2.37. The molecule has 4 heteroatoms. The van der Waals surface area contributed by atoms with Crippen LogP contribution >= 0.6 is 27.5 Å². The lowest BCUT2D eigenvalue weighted by Crippen LogP contribution is -2.35. The van der Waals surface area contributed by atoms with Gasteiger partial charge in [0.15, 0.2) is 0 Å². The topological polar surface area (TPSA) is 23.5 Å². The first-order valence-electron chi connectivity index (χ1n) is 8.02. The Labute approximate surface area is 140 Å². The van der Waals surface area contributed by atoms with Crippen LogP contribution in [-0.4, -0.2) is 29.1 Å². The van der Waals surface area contributed by atoms with Crippen molar-refractivity contribution in [3.8, 4) is 0 Å². The Morgan fingerprint density at radius 3 is 2.90 bits per heavy atom. The minimum absolute atomic E-state index is 0.465. The molecule has 1 aromatic rings. The molecule has 1 aliphatic carbocycles. The highest BCUT2D eigenvalue weighted by molar-refractivity contribution is 9.10. The van der Waals surface area contributed by atoms with Crippen molar-refractivity contribution in [3.63, 3.8) is 0 Å². The number of nitrogens with zero attached hydrogens (tertiary/aromatic N) is 1. The van der Waals surface area contributed by atoms with Crippen LogP contribution in [0.3, 0.4) is 0 Å². The zero-order valence-corrected chi connectivity index (χ0v) is 14.6. The number of rotatable bonds is 4. The van der Waals surface area contributed by atoms with E-state index in [1.54, 1.807) is 0 Å². The van der Waals surface area contributed by atoms with Gasteiger partial charge in [0.2, 0.25) is 0 Å². The van der Waals surface area contributed by atoms with Crippen LogP contribution in [0.25, 0.3) is 0 Å². The molecule has 3 rings (SSSR count). The van der Waals surface area contributed by atoms with Crippen molar-refractivity contribution < 1.29 is 5.11 Å². The molecule has 1 heterocycles. The van der Waals surface area contributed by atoms with E-state index in [0.717, 1.165) is 35.0 Å². The monoisotopic (exact) mass is 371 g/mol. The molecule has 1 aliphatic heterocycles. The lowest BCUT2D eigenvalue weighted by atomic mass is 9.85. The molecule has 2 fully saturated rings. The summed E-state index contributed by atoms with van der Waals surface area (Å²) in [6.45, 7) is 2.19. The fourth-order valence-electron chi connectivity index (χ4n) is 4.00. The minimum Gasteiger partial charge on any atom is -0.388 e. The van der Waals surface area contributed by atoms with Gasteiger partial charge in [0.25, 0.3) is 0 Å². The quantitative estimate of drug-likeness (QED) is 0.821. The SMILES string of the molecule is OC(CCN1CCC2CCCCC21)c1ccc(Br)cc1Cl. The number of hydrogen-bond donors (Lipinski definition) is 1. The van der Waals surface area contributed by atoms with Crippen LogP contribution in [0.2, 0.25) is 5.02 Å². The van der Waals surface area contributed by atoms with E-state index in [9.17, 15) is 5.11 Å². The van der Waals surface area contributed by atoms with Crippen molar-refractivity contribution in [1.29, 1.82) is 0 Å². The maximum atomic E-state index is 10.4. The molecule has 3 atom stereocenters. The summed E-state index contributed by atoms with van der Waals surface area (Å²) in [6, 6.07) is 6.49.